The van der Waals surface area contributed by atoms with E-state index in [0.717, 1.165) is 62.9 Å². The fourth-order valence-electron chi connectivity index (χ4n) is 3.24. The van der Waals surface area contributed by atoms with Crippen molar-refractivity contribution in [2.75, 3.05) is 12.9 Å². The Morgan fingerprint density at radius 3 is 2.34 bits per heavy atom. The van der Waals surface area contributed by atoms with E-state index >= 15 is 0 Å². The third kappa shape index (κ3) is 5.58. The number of hydrogen-bond acceptors (Lipinski definition) is 4. The molecular formula is C21H21F3O3S2. The van der Waals surface area contributed by atoms with Gasteiger partial charge in [-0.1, -0.05) is 24.3 Å². The van der Waals surface area contributed by atoms with Crippen molar-refractivity contribution in [1.29, 1.82) is 0 Å². The second-order valence-electron chi connectivity index (χ2n) is 6.92. The van der Waals surface area contributed by atoms with Gasteiger partial charge in [-0.15, -0.1) is 11.3 Å². The van der Waals surface area contributed by atoms with E-state index in [-0.39, 0.29) is 6.61 Å². The predicted octanol–water partition coefficient (Wildman–Crippen LogP) is 6.19. The molecule has 0 atom stereocenters. The molecule has 0 N–H and O–H groups in total. The van der Waals surface area contributed by atoms with Crippen molar-refractivity contribution in [1.82, 2.24) is 0 Å². The Kier molecular flexibility index (Phi) is 6.36. The van der Waals surface area contributed by atoms with Crippen molar-refractivity contribution in [3.63, 3.8) is 0 Å². The largest absolute Gasteiger partial charge is 0.416 e. The molecule has 3 rings (SSSR count). The number of rotatable bonds is 7. The summed E-state index contributed by atoms with van der Waals surface area (Å²) in [6.07, 6.45) is -1.06. The predicted molar refractivity (Wildman–Crippen MR) is 111 cm³/mol. The van der Waals surface area contributed by atoms with E-state index in [1.54, 1.807) is 11.3 Å². The molecule has 3 nitrogen and oxygen atoms in total. The minimum absolute atomic E-state index is 0.178. The van der Waals surface area contributed by atoms with E-state index in [1.165, 1.54) is 12.1 Å². The van der Waals surface area contributed by atoms with Crippen LogP contribution in [-0.2, 0) is 26.9 Å². The van der Waals surface area contributed by atoms with Crippen LogP contribution in [0.15, 0.2) is 42.5 Å². The zero-order valence-electron chi connectivity index (χ0n) is 16.0. The lowest BCUT2D eigenvalue weighted by molar-refractivity contribution is -0.137. The monoisotopic (exact) mass is 442 g/mol. The molecule has 0 saturated heterocycles. The molecule has 1 heterocycles. The Hall–Kier alpha value is -1.90. The quantitative estimate of drug-likeness (QED) is 0.323. The third-order valence-corrected chi connectivity index (χ3v) is 6.25. The van der Waals surface area contributed by atoms with Gasteiger partial charge < -0.3 is 0 Å². The highest BCUT2D eigenvalue weighted by atomic mass is 32.2. The first-order valence-electron chi connectivity index (χ1n) is 9.09. The molecule has 0 amide bonds. The first kappa shape index (κ1) is 21.8. The molecule has 0 bridgehead atoms. The Balaban J connectivity index is 1.75. The maximum absolute atomic E-state index is 12.8. The molecule has 1 aromatic heterocycles. The maximum atomic E-state index is 12.8. The molecule has 0 aliphatic rings. The Morgan fingerprint density at radius 1 is 1.03 bits per heavy atom. The summed E-state index contributed by atoms with van der Waals surface area (Å²) in [7, 11) is -3.40. The summed E-state index contributed by atoms with van der Waals surface area (Å²) in [6.45, 7) is 2.15. The van der Waals surface area contributed by atoms with Crippen molar-refractivity contribution in [2.45, 2.75) is 32.4 Å². The smallest absolute Gasteiger partial charge is 0.270 e. The number of fused-ring (bicyclic) bond motifs is 1. The average molecular weight is 443 g/mol. The number of unbranched alkanes of at least 4 members (excludes halogenated alkanes) is 1. The fourth-order valence-corrected chi connectivity index (χ4v) is 4.82. The van der Waals surface area contributed by atoms with Crippen LogP contribution in [0.5, 0.6) is 0 Å². The number of hydrogen-bond donors (Lipinski definition) is 0. The van der Waals surface area contributed by atoms with Crippen LogP contribution in [0.1, 0.15) is 28.8 Å². The highest BCUT2D eigenvalue weighted by Crippen LogP contribution is 2.40. The molecule has 29 heavy (non-hydrogen) atoms. The highest BCUT2D eigenvalue weighted by molar-refractivity contribution is 7.85. The van der Waals surface area contributed by atoms with Crippen LogP contribution in [0, 0.1) is 6.92 Å². The summed E-state index contributed by atoms with van der Waals surface area (Å²) >= 11 is 1.62. The van der Waals surface area contributed by atoms with Crippen LogP contribution in [-0.4, -0.2) is 21.3 Å². The van der Waals surface area contributed by atoms with Crippen molar-refractivity contribution < 1.29 is 25.8 Å². The van der Waals surface area contributed by atoms with Gasteiger partial charge in [-0.2, -0.15) is 21.6 Å². The van der Waals surface area contributed by atoms with Gasteiger partial charge in [0.05, 0.1) is 18.4 Å². The van der Waals surface area contributed by atoms with E-state index in [4.69, 9.17) is 4.18 Å². The highest BCUT2D eigenvalue weighted by Gasteiger charge is 2.30. The molecule has 8 heteroatoms. The minimum atomic E-state index is -4.34. The summed E-state index contributed by atoms with van der Waals surface area (Å²) < 4.78 is 66.2. The van der Waals surface area contributed by atoms with Crippen LogP contribution >= 0.6 is 11.3 Å². The normalized spacial score (nSPS) is 12.6. The standard InChI is InChI=1S/C21H21F3O3S2/c1-14-20(16-7-9-17(10-8-16)21(22,23)24)18-11-6-15(13-19(18)28-14)5-3-4-12-27-29(2,25)26/h6-11,13H,3-5,12H2,1-2H3. The third-order valence-electron chi connectivity index (χ3n) is 4.59. The number of thiophene rings is 1. The molecule has 0 fully saturated rings. The first-order chi connectivity index (χ1) is 13.5. The number of aryl methyl sites for hydroxylation is 2. The Bertz CT molecular complexity index is 1100. The van der Waals surface area contributed by atoms with Gasteiger partial charge in [0, 0.05) is 20.5 Å². The summed E-state index contributed by atoms with van der Waals surface area (Å²) in [5, 5.41) is 1.02. The van der Waals surface area contributed by atoms with E-state index in [9.17, 15) is 21.6 Å². The molecule has 0 aliphatic heterocycles. The number of halogens is 3. The zero-order chi connectivity index (χ0) is 21.2. The van der Waals surface area contributed by atoms with Gasteiger partial charge in [0.1, 0.15) is 0 Å². The van der Waals surface area contributed by atoms with Gasteiger partial charge in [0.25, 0.3) is 10.1 Å². The SMILES string of the molecule is Cc1sc2cc(CCCCOS(C)(=O)=O)ccc2c1-c1ccc(C(F)(F)F)cc1. The van der Waals surface area contributed by atoms with Gasteiger partial charge >= 0.3 is 6.18 Å². The molecule has 2 aromatic carbocycles. The molecule has 0 saturated carbocycles. The van der Waals surface area contributed by atoms with Gasteiger partial charge in [-0.05, 0) is 55.5 Å². The van der Waals surface area contributed by atoms with E-state index in [2.05, 4.69) is 6.07 Å². The molecular weight excluding hydrogens is 421 g/mol. The second kappa shape index (κ2) is 8.45. The van der Waals surface area contributed by atoms with E-state index in [1.807, 2.05) is 19.1 Å². The van der Waals surface area contributed by atoms with Gasteiger partial charge in [-0.25, -0.2) is 0 Å². The van der Waals surface area contributed by atoms with Crippen LogP contribution in [0.2, 0.25) is 0 Å². The molecule has 0 unspecified atom stereocenters. The van der Waals surface area contributed by atoms with Crippen LogP contribution < -0.4 is 0 Å². The zero-order valence-corrected chi connectivity index (χ0v) is 17.7. The minimum Gasteiger partial charge on any atom is -0.270 e. The summed E-state index contributed by atoms with van der Waals surface area (Å²) in [5.74, 6) is 0. The van der Waals surface area contributed by atoms with Crippen LogP contribution in [0.3, 0.4) is 0 Å². The molecule has 156 valence electrons. The topological polar surface area (TPSA) is 43.4 Å². The van der Waals surface area contributed by atoms with Crippen molar-refractivity contribution in [3.8, 4) is 11.1 Å². The lowest BCUT2D eigenvalue weighted by atomic mass is 9.99. The van der Waals surface area contributed by atoms with Gasteiger partial charge in [0.15, 0.2) is 0 Å². The van der Waals surface area contributed by atoms with Crippen LogP contribution in [0.4, 0.5) is 13.2 Å². The summed E-state index contributed by atoms with van der Waals surface area (Å²) in [6, 6.07) is 11.4. The maximum Gasteiger partial charge on any atom is 0.416 e. The fraction of sp³-hybridized carbons (Fsp3) is 0.333. The molecule has 3 aromatic rings. The van der Waals surface area contributed by atoms with Crippen LogP contribution in [0.25, 0.3) is 21.2 Å². The van der Waals surface area contributed by atoms with Crippen molar-refractivity contribution in [3.05, 3.63) is 58.5 Å². The van der Waals surface area contributed by atoms with Gasteiger partial charge in [-0.3, -0.25) is 4.18 Å². The van der Waals surface area contributed by atoms with Gasteiger partial charge in [0.2, 0.25) is 0 Å². The average Bonchev–Trinajstić information content (AvgIpc) is 2.95. The van der Waals surface area contributed by atoms with E-state index in [0.29, 0.717) is 6.42 Å². The Labute approximate surface area is 172 Å². The van der Waals surface area contributed by atoms with Crippen molar-refractivity contribution in [2.24, 2.45) is 0 Å². The number of alkyl halides is 3. The van der Waals surface area contributed by atoms with Crippen molar-refractivity contribution >= 4 is 31.5 Å². The molecule has 0 aliphatic carbocycles. The second-order valence-corrected chi connectivity index (χ2v) is 9.82. The molecule has 0 radical (unpaired) electrons. The summed E-state index contributed by atoms with van der Waals surface area (Å²) in [5.41, 5.74) is 2.22. The lowest BCUT2D eigenvalue weighted by Gasteiger charge is -2.08. The Morgan fingerprint density at radius 2 is 1.72 bits per heavy atom. The number of benzene rings is 2. The van der Waals surface area contributed by atoms with E-state index < -0.39 is 21.9 Å². The summed E-state index contributed by atoms with van der Waals surface area (Å²) in [4.78, 5) is 1.05. The lowest BCUT2D eigenvalue weighted by Crippen LogP contribution is -2.04. The first-order valence-corrected chi connectivity index (χ1v) is 11.7. The molecule has 0 spiro atoms.